The molecule has 0 aliphatic rings. The van der Waals surface area contributed by atoms with Crippen LogP contribution in [0, 0.1) is 0 Å². The average molecular weight is 183 g/mol. The van der Waals surface area contributed by atoms with Gasteiger partial charge in [0.15, 0.2) is 0 Å². The summed E-state index contributed by atoms with van der Waals surface area (Å²) in [6.07, 6.45) is 0. The Hall–Kier alpha value is -0.622. The summed E-state index contributed by atoms with van der Waals surface area (Å²) in [4.78, 5) is 0. The molecule has 0 amide bonds. The molecule has 0 saturated carbocycles. The molecule has 0 aliphatic heterocycles. The van der Waals surface area contributed by atoms with Crippen molar-refractivity contribution in [2.24, 2.45) is 0 Å². The molecule has 2 radical (unpaired) electrons. The van der Waals surface area contributed by atoms with Crippen molar-refractivity contribution >= 4 is 26.9 Å². The van der Waals surface area contributed by atoms with Crippen molar-refractivity contribution in [2.45, 2.75) is 0 Å². The molecule has 2 nitrogen and oxygen atoms in total. The van der Waals surface area contributed by atoms with Crippen LogP contribution >= 0.6 is 0 Å². The summed E-state index contributed by atoms with van der Waals surface area (Å²) in [5.74, 6) is 0.143. The van der Waals surface area contributed by atoms with Crippen LogP contribution in [0.25, 0.3) is 0 Å². The van der Waals surface area contributed by atoms with Gasteiger partial charge < -0.3 is 0 Å². The van der Waals surface area contributed by atoms with Crippen molar-refractivity contribution in [3.05, 3.63) is 18.2 Å². The first kappa shape index (κ1) is 6.50. The van der Waals surface area contributed by atoms with Crippen LogP contribution in [0.5, 0.6) is 5.75 Å². The van der Waals surface area contributed by atoms with Crippen LogP contribution < -0.4 is 10.1 Å². The van der Waals surface area contributed by atoms with E-state index >= 15 is 0 Å². The molecule has 3 heteroatoms. The molecule has 1 rings (SSSR count). The minimum absolute atomic E-state index is 0.143. The van der Waals surface area contributed by atoms with Crippen LogP contribution in [0.2, 0.25) is 0 Å². The number of hydrogen-bond acceptors (Lipinski definition) is 2. The molecular weight excluding hydrogens is 177 g/mol. The van der Waals surface area contributed by atoms with Gasteiger partial charge in [-0.1, -0.05) is 0 Å². The second-order valence-electron chi connectivity index (χ2n) is 1.74. The quantitative estimate of drug-likeness (QED) is 0.331. The molecule has 46 valence electrons. The van der Waals surface area contributed by atoms with E-state index in [2.05, 4.69) is 16.9 Å². The van der Waals surface area contributed by atoms with Gasteiger partial charge in [-0.3, -0.25) is 0 Å². The maximum atomic E-state index is 8.91. The fraction of sp³-hybridized carbons (Fsp3) is 0. The third-order valence-corrected chi connectivity index (χ3v) is 1.59. The maximum absolute atomic E-state index is 8.91. The molecule has 0 aliphatic carbocycles. The number of nitrogen functional groups attached to an aromatic ring is 1. The van der Waals surface area contributed by atoms with Crippen molar-refractivity contribution in [2.75, 3.05) is 5.73 Å². The Morgan fingerprint density at radius 1 is 1.44 bits per heavy atom. The Morgan fingerprint density at radius 2 is 2.11 bits per heavy atom. The Balaban J connectivity index is 3.17. The number of benzene rings is 1. The molecule has 0 saturated heterocycles. The zero-order valence-electron chi connectivity index (χ0n) is 4.70. The standard InChI is InChI=1S/C6H6AsNO/c7-4-1-2-6(9)5(8)3-4/h1-3,9H,8H2. The van der Waals surface area contributed by atoms with Gasteiger partial charge in [0.05, 0.1) is 0 Å². The molecule has 3 N–H and O–H groups in total. The average Bonchev–Trinajstić information content (AvgIpc) is 1.80. The zero-order valence-corrected chi connectivity index (χ0v) is 6.58. The van der Waals surface area contributed by atoms with E-state index in [-0.39, 0.29) is 5.75 Å². The summed E-state index contributed by atoms with van der Waals surface area (Å²) in [7, 11) is 0. The number of aromatic hydroxyl groups is 1. The van der Waals surface area contributed by atoms with Gasteiger partial charge in [0.1, 0.15) is 0 Å². The van der Waals surface area contributed by atoms with Crippen molar-refractivity contribution < 1.29 is 5.11 Å². The fourth-order valence-electron chi connectivity index (χ4n) is 0.542. The predicted molar refractivity (Wildman–Crippen MR) is 37.9 cm³/mol. The first-order valence-electron chi connectivity index (χ1n) is 2.47. The van der Waals surface area contributed by atoms with Gasteiger partial charge in [-0.15, -0.1) is 0 Å². The Labute approximate surface area is 62.2 Å². The van der Waals surface area contributed by atoms with E-state index in [0.29, 0.717) is 5.69 Å². The Kier molecular flexibility index (Phi) is 1.67. The van der Waals surface area contributed by atoms with Gasteiger partial charge in [-0.05, 0) is 0 Å². The van der Waals surface area contributed by atoms with E-state index in [0.717, 1.165) is 4.35 Å². The molecule has 0 aromatic heterocycles. The van der Waals surface area contributed by atoms with Gasteiger partial charge in [0.2, 0.25) is 0 Å². The molecule has 1 aromatic rings. The molecule has 0 spiro atoms. The number of rotatable bonds is 0. The zero-order chi connectivity index (χ0) is 6.85. The third kappa shape index (κ3) is 1.39. The van der Waals surface area contributed by atoms with Gasteiger partial charge in [-0.25, -0.2) is 0 Å². The van der Waals surface area contributed by atoms with Crippen molar-refractivity contribution in [1.82, 2.24) is 0 Å². The Bertz CT molecular complexity index is 224. The van der Waals surface area contributed by atoms with Crippen LogP contribution in [0.4, 0.5) is 5.69 Å². The molecule has 0 bridgehead atoms. The summed E-state index contributed by atoms with van der Waals surface area (Å²) in [5, 5.41) is 8.91. The van der Waals surface area contributed by atoms with Crippen LogP contribution in [0.3, 0.4) is 0 Å². The van der Waals surface area contributed by atoms with Crippen molar-refractivity contribution in [3.63, 3.8) is 0 Å². The molecule has 0 heterocycles. The molecule has 0 unspecified atom stereocenters. The van der Waals surface area contributed by atoms with Gasteiger partial charge in [-0.2, -0.15) is 0 Å². The van der Waals surface area contributed by atoms with E-state index in [4.69, 9.17) is 10.8 Å². The summed E-state index contributed by atoms with van der Waals surface area (Å²) in [6, 6.07) is 5.06. The van der Waals surface area contributed by atoms with E-state index in [1.807, 2.05) is 0 Å². The SMILES string of the molecule is Nc1cc([As])ccc1O. The molecule has 0 fully saturated rings. The van der Waals surface area contributed by atoms with Gasteiger partial charge in [0, 0.05) is 0 Å². The minimum atomic E-state index is 0.143. The summed E-state index contributed by atoms with van der Waals surface area (Å²) in [6.45, 7) is 0. The summed E-state index contributed by atoms with van der Waals surface area (Å²) < 4.78 is 0.998. The van der Waals surface area contributed by atoms with Gasteiger partial charge >= 0.3 is 61.7 Å². The number of hydrogen-bond donors (Lipinski definition) is 2. The second-order valence-corrected chi connectivity index (χ2v) is 2.83. The topological polar surface area (TPSA) is 46.2 Å². The monoisotopic (exact) mass is 183 g/mol. The first-order valence-corrected chi connectivity index (χ1v) is 3.41. The summed E-state index contributed by atoms with van der Waals surface area (Å²) in [5.41, 5.74) is 5.78. The van der Waals surface area contributed by atoms with E-state index in [1.54, 1.807) is 18.2 Å². The fourth-order valence-corrected chi connectivity index (χ4v) is 0.990. The van der Waals surface area contributed by atoms with E-state index in [1.165, 1.54) is 0 Å². The molecule has 9 heavy (non-hydrogen) atoms. The first-order chi connectivity index (χ1) is 4.20. The Morgan fingerprint density at radius 3 is 2.56 bits per heavy atom. The number of nitrogens with two attached hydrogens (primary N) is 1. The second kappa shape index (κ2) is 2.32. The summed E-state index contributed by atoms with van der Waals surface area (Å²) >= 11 is 2.35. The predicted octanol–water partition coefficient (Wildman–Crippen LogP) is -0.232. The van der Waals surface area contributed by atoms with Gasteiger partial charge in [0.25, 0.3) is 0 Å². The van der Waals surface area contributed by atoms with E-state index in [9.17, 15) is 0 Å². The van der Waals surface area contributed by atoms with Crippen molar-refractivity contribution in [3.8, 4) is 5.75 Å². The van der Waals surface area contributed by atoms with Crippen LogP contribution in [0.15, 0.2) is 18.2 Å². The number of anilines is 1. The normalized spacial score (nSPS) is 9.44. The third-order valence-electron chi connectivity index (χ3n) is 1.01. The van der Waals surface area contributed by atoms with Crippen LogP contribution in [-0.4, -0.2) is 22.0 Å². The number of phenols is 1. The molecular formula is C6H6AsNO. The molecule has 0 atom stereocenters. The van der Waals surface area contributed by atoms with Crippen molar-refractivity contribution in [1.29, 1.82) is 0 Å². The number of phenolic OH excluding ortho intramolecular Hbond substituents is 1. The van der Waals surface area contributed by atoms with E-state index < -0.39 is 0 Å². The molecule has 1 aromatic carbocycles. The van der Waals surface area contributed by atoms with Crippen LogP contribution in [0.1, 0.15) is 0 Å². The van der Waals surface area contributed by atoms with Crippen LogP contribution in [-0.2, 0) is 0 Å².